The fourth-order valence-corrected chi connectivity index (χ4v) is 5.15. The minimum Gasteiger partial charge on any atom is -0.393 e. The van der Waals surface area contributed by atoms with Gasteiger partial charge in [0.05, 0.1) is 17.2 Å². The predicted octanol–water partition coefficient (Wildman–Crippen LogP) is 3.26. The lowest BCUT2D eigenvalue weighted by Gasteiger charge is -2.41. The van der Waals surface area contributed by atoms with Crippen LogP contribution in [0.5, 0.6) is 0 Å². The summed E-state index contributed by atoms with van der Waals surface area (Å²) in [6, 6.07) is 5.64. The normalized spacial score (nSPS) is 32.5. The summed E-state index contributed by atoms with van der Waals surface area (Å²) in [6.45, 7) is 4.14. The second-order valence-corrected chi connectivity index (χ2v) is 8.47. The van der Waals surface area contributed by atoms with Gasteiger partial charge < -0.3 is 14.9 Å². The molecule has 26 heavy (non-hydrogen) atoms. The highest BCUT2D eigenvalue weighted by atomic mass is 19.1. The fourth-order valence-electron chi connectivity index (χ4n) is 5.15. The maximum absolute atomic E-state index is 14.5. The Labute approximate surface area is 155 Å². The van der Waals surface area contributed by atoms with Gasteiger partial charge in [-0.2, -0.15) is 0 Å². The quantitative estimate of drug-likeness (QED) is 0.880. The number of benzene rings is 1. The Morgan fingerprint density at radius 2 is 1.92 bits per heavy atom. The second kappa shape index (κ2) is 6.84. The first-order valence-electron chi connectivity index (χ1n) is 9.99. The Morgan fingerprint density at radius 1 is 1.15 bits per heavy atom. The van der Waals surface area contributed by atoms with Gasteiger partial charge in [-0.15, -0.1) is 0 Å². The van der Waals surface area contributed by atoms with Gasteiger partial charge >= 0.3 is 0 Å². The van der Waals surface area contributed by atoms with Crippen molar-refractivity contribution in [1.29, 1.82) is 0 Å². The Kier molecular flexibility index (Phi) is 4.68. The van der Waals surface area contributed by atoms with Gasteiger partial charge in [-0.3, -0.25) is 4.79 Å². The number of anilines is 1. The number of aliphatic hydroxyl groups excluding tert-OH is 1. The molecule has 1 saturated carbocycles. The van der Waals surface area contributed by atoms with E-state index in [1.165, 1.54) is 0 Å². The number of carbonyl (C=O) groups is 1. The zero-order valence-corrected chi connectivity index (χ0v) is 15.6. The van der Waals surface area contributed by atoms with Gasteiger partial charge in [0.1, 0.15) is 5.82 Å². The molecule has 1 unspecified atom stereocenters. The predicted molar refractivity (Wildman–Crippen MR) is 99.6 cm³/mol. The third-order valence-corrected chi connectivity index (χ3v) is 6.67. The molecule has 2 aliphatic heterocycles. The van der Waals surface area contributed by atoms with Crippen molar-refractivity contribution in [2.45, 2.75) is 64.0 Å². The lowest BCUT2D eigenvalue weighted by atomic mass is 9.78. The summed E-state index contributed by atoms with van der Waals surface area (Å²) in [5.41, 5.74) is 1.19. The van der Waals surface area contributed by atoms with Crippen molar-refractivity contribution < 1.29 is 14.3 Å². The van der Waals surface area contributed by atoms with Crippen molar-refractivity contribution in [3.8, 4) is 0 Å². The molecule has 1 N–H and O–H groups in total. The van der Waals surface area contributed by atoms with Crippen LogP contribution < -0.4 is 4.90 Å². The fraction of sp³-hybridized carbons (Fsp3) is 0.667. The number of nitrogens with zero attached hydrogens (tertiary/aromatic N) is 2. The van der Waals surface area contributed by atoms with Crippen LogP contribution in [0.1, 0.15) is 50.5 Å². The second-order valence-electron chi connectivity index (χ2n) is 8.47. The van der Waals surface area contributed by atoms with Gasteiger partial charge in [-0.05, 0) is 69.6 Å². The molecule has 1 amide bonds. The Morgan fingerprint density at radius 3 is 2.65 bits per heavy atom. The molecule has 0 aromatic heterocycles. The maximum atomic E-state index is 14.5. The molecule has 3 aliphatic rings. The number of piperidine rings is 1. The van der Waals surface area contributed by atoms with E-state index >= 15 is 0 Å². The van der Waals surface area contributed by atoms with Crippen LogP contribution in [0, 0.1) is 18.2 Å². The molecule has 1 spiro atoms. The number of hydrogen-bond donors (Lipinski definition) is 1. The summed E-state index contributed by atoms with van der Waals surface area (Å²) in [5.74, 6) is 0.0710. The van der Waals surface area contributed by atoms with Gasteiger partial charge in [0.25, 0.3) is 0 Å². The lowest BCUT2D eigenvalue weighted by Crippen LogP contribution is -2.50. The van der Waals surface area contributed by atoms with Crippen LogP contribution in [-0.2, 0) is 4.79 Å². The summed E-state index contributed by atoms with van der Waals surface area (Å²) in [5, 5.41) is 9.74. The first-order chi connectivity index (χ1) is 12.5. The van der Waals surface area contributed by atoms with Gasteiger partial charge in [0.15, 0.2) is 0 Å². The van der Waals surface area contributed by atoms with Crippen LogP contribution in [0.15, 0.2) is 18.2 Å². The molecule has 1 atom stereocenters. The molecule has 4 rings (SSSR count). The first-order valence-corrected chi connectivity index (χ1v) is 9.99. The van der Waals surface area contributed by atoms with E-state index in [0.717, 1.165) is 63.6 Å². The summed E-state index contributed by atoms with van der Waals surface area (Å²) in [6.07, 6.45) is 5.89. The summed E-state index contributed by atoms with van der Waals surface area (Å²) >= 11 is 0. The van der Waals surface area contributed by atoms with Crippen molar-refractivity contribution >= 4 is 11.6 Å². The van der Waals surface area contributed by atoms with Crippen LogP contribution in [-0.4, -0.2) is 47.7 Å². The van der Waals surface area contributed by atoms with Crippen molar-refractivity contribution in [3.05, 3.63) is 29.6 Å². The van der Waals surface area contributed by atoms with E-state index in [4.69, 9.17) is 0 Å². The van der Waals surface area contributed by atoms with Crippen molar-refractivity contribution in [2.24, 2.45) is 5.41 Å². The molecule has 1 aromatic carbocycles. The van der Waals surface area contributed by atoms with E-state index in [2.05, 4.69) is 9.80 Å². The van der Waals surface area contributed by atoms with E-state index in [0.29, 0.717) is 12.2 Å². The molecular formula is C21H29FN2O2. The van der Waals surface area contributed by atoms with Gasteiger partial charge in [-0.1, -0.05) is 6.07 Å². The van der Waals surface area contributed by atoms with Crippen LogP contribution in [0.3, 0.4) is 0 Å². The van der Waals surface area contributed by atoms with Gasteiger partial charge in [-0.25, -0.2) is 4.39 Å². The average molecular weight is 360 g/mol. The number of aryl methyl sites for hydroxylation is 1. The molecule has 2 heterocycles. The summed E-state index contributed by atoms with van der Waals surface area (Å²) in [7, 11) is 0. The van der Waals surface area contributed by atoms with E-state index in [9.17, 15) is 14.3 Å². The van der Waals surface area contributed by atoms with Gasteiger partial charge in [0.2, 0.25) is 5.91 Å². The van der Waals surface area contributed by atoms with Crippen molar-refractivity contribution in [3.63, 3.8) is 0 Å². The highest BCUT2D eigenvalue weighted by Gasteiger charge is 2.50. The zero-order valence-electron chi connectivity index (χ0n) is 15.6. The number of likely N-dealkylation sites (tertiary alicyclic amines) is 1. The molecular weight excluding hydrogens is 331 g/mol. The largest absolute Gasteiger partial charge is 0.393 e. The molecule has 4 nitrogen and oxygen atoms in total. The summed E-state index contributed by atoms with van der Waals surface area (Å²) < 4.78 is 14.5. The van der Waals surface area contributed by atoms with E-state index in [-0.39, 0.29) is 29.3 Å². The molecule has 142 valence electrons. The molecule has 0 radical (unpaired) electrons. The number of aliphatic hydroxyl groups is 1. The summed E-state index contributed by atoms with van der Waals surface area (Å²) in [4.78, 5) is 17.5. The average Bonchev–Trinajstić information content (AvgIpc) is 2.92. The minimum absolute atomic E-state index is 0.189. The third-order valence-electron chi connectivity index (χ3n) is 6.67. The highest BCUT2D eigenvalue weighted by molar-refractivity contribution is 5.86. The standard InChI is InChI=1S/C21H29FN2O2/c1-15-3-8-19(18(22)13-15)23-11-2-9-21(14-23)10-12-24(20(21)26)16-4-6-17(25)7-5-16/h3,8,13,16-17,25H,2,4-7,9-12,14H2,1H3. The molecule has 1 aliphatic carbocycles. The van der Waals surface area contributed by atoms with Crippen LogP contribution in [0.4, 0.5) is 10.1 Å². The van der Waals surface area contributed by atoms with Crippen LogP contribution in [0.25, 0.3) is 0 Å². The number of rotatable bonds is 2. The third kappa shape index (κ3) is 3.11. The molecule has 1 aromatic rings. The Balaban J connectivity index is 1.50. The van der Waals surface area contributed by atoms with Crippen LogP contribution in [0.2, 0.25) is 0 Å². The Hall–Kier alpha value is -1.62. The number of amides is 1. The molecule has 5 heteroatoms. The van der Waals surface area contributed by atoms with Gasteiger partial charge in [0, 0.05) is 25.7 Å². The van der Waals surface area contributed by atoms with Crippen LogP contribution >= 0.6 is 0 Å². The highest BCUT2D eigenvalue weighted by Crippen LogP contribution is 2.43. The van der Waals surface area contributed by atoms with E-state index < -0.39 is 0 Å². The molecule has 3 fully saturated rings. The first kappa shape index (κ1) is 17.8. The molecule has 0 bridgehead atoms. The smallest absolute Gasteiger partial charge is 0.230 e. The number of halogens is 1. The number of carbonyl (C=O) groups excluding carboxylic acids is 1. The van der Waals surface area contributed by atoms with E-state index in [1.807, 2.05) is 19.1 Å². The number of hydrogen-bond acceptors (Lipinski definition) is 3. The lowest BCUT2D eigenvalue weighted by molar-refractivity contribution is -0.139. The van der Waals surface area contributed by atoms with E-state index in [1.54, 1.807) is 6.07 Å². The topological polar surface area (TPSA) is 43.8 Å². The Bertz CT molecular complexity index is 687. The zero-order chi connectivity index (χ0) is 18.3. The van der Waals surface area contributed by atoms with Crippen molar-refractivity contribution in [2.75, 3.05) is 24.5 Å². The monoisotopic (exact) mass is 360 g/mol. The molecule has 2 saturated heterocycles. The van der Waals surface area contributed by atoms with Crippen molar-refractivity contribution in [1.82, 2.24) is 4.90 Å². The SMILES string of the molecule is Cc1ccc(N2CCCC3(CCN(C4CCC(O)CC4)C3=O)C2)c(F)c1. The maximum Gasteiger partial charge on any atom is 0.230 e. The minimum atomic E-state index is -0.356.